The number of pyridine rings is 1. The molecule has 0 atom stereocenters. The van der Waals surface area contributed by atoms with Gasteiger partial charge in [0.2, 0.25) is 0 Å². The third-order valence-electron chi connectivity index (χ3n) is 5.41. The van der Waals surface area contributed by atoms with E-state index in [-0.39, 0.29) is 17.3 Å². The van der Waals surface area contributed by atoms with Crippen molar-refractivity contribution in [3.8, 4) is 11.5 Å². The number of hydrogen-bond acceptors (Lipinski definition) is 5. The number of anilines is 2. The van der Waals surface area contributed by atoms with Gasteiger partial charge in [-0.15, -0.1) is 0 Å². The van der Waals surface area contributed by atoms with Crippen LogP contribution in [0.15, 0.2) is 36.4 Å². The molecule has 0 spiro atoms. The summed E-state index contributed by atoms with van der Waals surface area (Å²) < 4.78 is 13.1. The fourth-order valence-electron chi connectivity index (χ4n) is 3.93. The standard InChI is InChI=1S/C12H12N2O2.C10H12FN/c13-12-6-2-1-3-8(6)14-9-5-11(16)10(15)4-7(9)12;1-8-6-12(7-8)10-5-3-2-4-9(10)11/h4-5,15-16H,1-3H2,(H2,13,14);2-5,8H,6-7H2,1H3. The van der Waals surface area contributed by atoms with Crippen molar-refractivity contribution in [3.05, 3.63) is 53.5 Å². The number of rotatable bonds is 1. The number of benzene rings is 2. The number of aryl methyl sites for hydroxylation is 1. The van der Waals surface area contributed by atoms with Crippen molar-refractivity contribution in [2.75, 3.05) is 23.7 Å². The summed E-state index contributed by atoms with van der Waals surface area (Å²) in [7, 11) is 0. The summed E-state index contributed by atoms with van der Waals surface area (Å²) in [6.07, 6.45) is 2.96. The molecule has 0 bridgehead atoms. The number of phenolic OH excluding ortho intramolecular Hbond substituents is 2. The van der Waals surface area contributed by atoms with E-state index in [9.17, 15) is 14.6 Å². The minimum Gasteiger partial charge on any atom is -0.504 e. The lowest BCUT2D eigenvalue weighted by Crippen LogP contribution is -2.45. The summed E-state index contributed by atoms with van der Waals surface area (Å²) in [5.41, 5.74) is 10.3. The van der Waals surface area contributed by atoms with Gasteiger partial charge in [0, 0.05) is 35.9 Å². The Morgan fingerprint density at radius 1 is 1.11 bits per heavy atom. The fourth-order valence-corrected chi connectivity index (χ4v) is 3.93. The van der Waals surface area contributed by atoms with E-state index in [4.69, 9.17) is 5.73 Å². The van der Waals surface area contributed by atoms with Gasteiger partial charge in [0.05, 0.1) is 11.2 Å². The second-order valence-corrected chi connectivity index (χ2v) is 7.62. The van der Waals surface area contributed by atoms with Crippen molar-refractivity contribution < 1.29 is 14.6 Å². The van der Waals surface area contributed by atoms with Crippen LogP contribution in [0.2, 0.25) is 0 Å². The SMILES string of the molecule is CC1CN(c2ccccc2F)C1.Nc1c2c(nc3cc(O)c(O)cc13)CCC2. The Hall–Kier alpha value is -3.02. The molecule has 0 unspecified atom stereocenters. The largest absolute Gasteiger partial charge is 0.504 e. The maximum absolute atomic E-state index is 13.1. The van der Waals surface area contributed by atoms with Gasteiger partial charge < -0.3 is 20.8 Å². The first-order chi connectivity index (χ1) is 13.4. The molecule has 0 saturated carbocycles. The van der Waals surface area contributed by atoms with Gasteiger partial charge in [0.25, 0.3) is 0 Å². The summed E-state index contributed by atoms with van der Waals surface area (Å²) in [5, 5.41) is 19.6. The molecule has 5 rings (SSSR count). The Morgan fingerprint density at radius 2 is 1.82 bits per heavy atom. The zero-order chi connectivity index (χ0) is 19.8. The van der Waals surface area contributed by atoms with E-state index >= 15 is 0 Å². The number of phenols is 2. The van der Waals surface area contributed by atoms with Crippen LogP contribution in [-0.4, -0.2) is 28.3 Å². The number of nitrogens with two attached hydrogens (primary N) is 1. The van der Waals surface area contributed by atoms with Crippen LogP contribution in [0.25, 0.3) is 10.9 Å². The Balaban J connectivity index is 0.000000143. The van der Waals surface area contributed by atoms with Gasteiger partial charge in [0.15, 0.2) is 11.5 Å². The van der Waals surface area contributed by atoms with Gasteiger partial charge in [-0.05, 0) is 48.9 Å². The number of fused-ring (bicyclic) bond motifs is 2. The van der Waals surface area contributed by atoms with Crippen LogP contribution in [0.5, 0.6) is 11.5 Å². The van der Waals surface area contributed by atoms with E-state index in [2.05, 4.69) is 16.8 Å². The molecule has 1 aliphatic heterocycles. The number of para-hydroxylation sites is 1. The van der Waals surface area contributed by atoms with E-state index in [0.717, 1.165) is 54.7 Å². The second-order valence-electron chi connectivity index (χ2n) is 7.62. The monoisotopic (exact) mass is 381 g/mol. The third kappa shape index (κ3) is 3.30. The molecule has 146 valence electrons. The molecule has 0 amide bonds. The number of aromatic hydroxyl groups is 2. The molecule has 5 nitrogen and oxygen atoms in total. The van der Waals surface area contributed by atoms with Crippen molar-refractivity contribution >= 4 is 22.3 Å². The van der Waals surface area contributed by atoms with Gasteiger partial charge in [0.1, 0.15) is 5.82 Å². The van der Waals surface area contributed by atoms with Crippen LogP contribution in [0.1, 0.15) is 24.6 Å². The number of nitrogen functional groups attached to an aromatic ring is 1. The average Bonchev–Trinajstić information content (AvgIpc) is 3.11. The van der Waals surface area contributed by atoms with Crippen molar-refractivity contribution in [3.63, 3.8) is 0 Å². The highest BCUT2D eigenvalue weighted by Gasteiger charge is 2.24. The highest BCUT2D eigenvalue weighted by molar-refractivity contribution is 5.94. The fraction of sp³-hybridized carbons (Fsp3) is 0.318. The van der Waals surface area contributed by atoms with Gasteiger partial charge in [-0.25, -0.2) is 4.39 Å². The molecule has 1 aromatic heterocycles. The summed E-state index contributed by atoms with van der Waals surface area (Å²) in [6.45, 7) is 4.15. The number of aromatic nitrogens is 1. The van der Waals surface area contributed by atoms with Gasteiger partial charge in [-0.2, -0.15) is 0 Å². The molecule has 28 heavy (non-hydrogen) atoms. The Kier molecular flexibility index (Phi) is 4.71. The van der Waals surface area contributed by atoms with E-state index in [1.807, 2.05) is 12.1 Å². The van der Waals surface area contributed by atoms with Gasteiger partial charge >= 0.3 is 0 Å². The molecule has 1 fully saturated rings. The van der Waals surface area contributed by atoms with Gasteiger partial charge in [-0.3, -0.25) is 4.98 Å². The molecule has 4 N–H and O–H groups in total. The predicted molar refractivity (Wildman–Crippen MR) is 109 cm³/mol. The third-order valence-corrected chi connectivity index (χ3v) is 5.41. The topological polar surface area (TPSA) is 82.6 Å². The highest BCUT2D eigenvalue weighted by atomic mass is 19.1. The maximum atomic E-state index is 13.1. The quantitative estimate of drug-likeness (QED) is 0.555. The normalized spacial score (nSPS) is 15.7. The summed E-state index contributed by atoms with van der Waals surface area (Å²) >= 11 is 0. The second kappa shape index (κ2) is 7.19. The minimum atomic E-state index is -0.155. The van der Waals surface area contributed by atoms with E-state index < -0.39 is 0 Å². The van der Waals surface area contributed by atoms with Crippen LogP contribution < -0.4 is 10.6 Å². The number of hydrogen-bond donors (Lipinski definition) is 3. The first-order valence-corrected chi connectivity index (χ1v) is 9.56. The molecule has 2 aliphatic rings. The van der Waals surface area contributed by atoms with E-state index in [0.29, 0.717) is 17.1 Å². The summed E-state index contributed by atoms with van der Waals surface area (Å²) in [4.78, 5) is 6.54. The average molecular weight is 381 g/mol. The minimum absolute atomic E-state index is 0.107. The van der Waals surface area contributed by atoms with Crippen LogP contribution in [0.3, 0.4) is 0 Å². The Morgan fingerprint density at radius 3 is 2.54 bits per heavy atom. The molecule has 6 heteroatoms. The van der Waals surface area contributed by atoms with Crippen LogP contribution in [-0.2, 0) is 12.8 Å². The van der Waals surface area contributed by atoms with Crippen LogP contribution >= 0.6 is 0 Å². The molecule has 2 heterocycles. The molecular formula is C22H24FN3O2. The Bertz CT molecular complexity index is 1030. The van der Waals surface area contributed by atoms with E-state index in [1.165, 1.54) is 18.2 Å². The molecule has 2 aromatic carbocycles. The van der Waals surface area contributed by atoms with Crippen molar-refractivity contribution in [2.24, 2.45) is 5.92 Å². The highest BCUT2D eigenvalue weighted by Crippen LogP contribution is 2.36. The molecule has 0 radical (unpaired) electrons. The lowest BCUT2D eigenvalue weighted by atomic mass is 10.0. The zero-order valence-electron chi connectivity index (χ0n) is 15.8. The molecular weight excluding hydrogens is 357 g/mol. The van der Waals surface area contributed by atoms with Crippen LogP contribution in [0.4, 0.5) is 15.8 Å². The maximum Gasteiger partial charge on any atom is 0.159 e. The molecule has 1 aliphatic carbocycles. The van der Waals surface area contributed by atoms with Crippen molar-refractivity contribution in [1.29, 1.82) is 0 Å². The van der Waals surface area contributed by atoms with Gasteiger partial charge in [-0.1, -0.05) is 19.1 Å². The van der Waals surface area contributed by atoms with Crippen molar-refractivity contribution in [2.45, 2.75) is 26.2 Å². The van der Waals surface area contributed by atoms with Crippen LogP contribution in [0, 0.1) is 11.7 Å². The Labute approximate surface area is 163 Å². The molecule has 1 saturated heterocycles. The molecule has 3 aromatic rings. The van der Waals surface area contributed by atoms with E-state index in [1.54, 1.807) is 6.07 Å². The lowest BCUT2D eigenvalue weighted by molar-refractivity contribution is 0.405. The first-order valence-electron chi connectivity index (χ1n) is 9.56. The first kappa shape index (κ1) is 18.3. The number of halogens is 1. The number of nitrogens with zero attached hydrogens (tertiary/aromatic N) is 2. The zero-order valence-corrected chi connectivity index (χ0v) is 15.8. The van der Waals surface area contributed by atoms with Crippen molar-refractivity contribution in [1.82, 2.24) is 4.98 Å². The predicted octanol–water partition coefficient (Wildman–Crippen LogP) is 4.00. The smallest absolute Gasteiger partial charge is 0.159 e. The summed E-state index contributed by atoms with van der Waals surface area (Å²) in [6, 6.07) is 9.88. The summed E-state index contributed by atoms with van der Waals surface area (Å²) in [5.74, 6) is 0.297. The lowest BCUT2D eigenvalue weighted by Gasteiger charge is -2.39.